The highest BCUT2D eigenvalue weighted by molar-refractivity contribution is 6.25. The molecule has 0 atom stereocenters. The Morgan fingerprint density at radius 3 is 1.18 bits per heavy atom. The summed E-state index contributed by atoms with van der Waals surface area (Å²) in [6, 6.07) is 33.3. The van der Waals surface area contributed by atoms with Crippen LogP contribution in [0.1, 0.15) is 81.9 Å². The van der Waals surface area contributed by atoms with Crippen molar-refractivity contribution in [3.63, 3.8) is 0 Å². The van der Waals surface area contributed by atoms with Gasteiger partial charge in [-0.25, -0.2) is 8.78 Å². The van der Waals surface area contributed by atoms with Gasteiger partial charge in [0.2, 0.25) is 11.5 Å². The van der Waals surface area contributed by atoms with Gasteiger partial charge in [0.1, 0.15) is 11.6 Å². The van der Waals surface area contributed by atoms with Crippen molar-refractivity contribution in [2.75, 3.05) is 49.9 Å². The lowest BCUT2D eigenvalue weighted by atomic mass is 10.0. The third kappa shape index (κ3) is 12.3. The first kappa shape index (κ1) is 48.6. The largest absolute Gasteiger partial charge is 0.543 e. The van der Waals surface area contributed by atoms with Crippen molar-refractivity contribution >= 4 is 46.5 Å². The second-order valence-corrected chi connectivity index (χ2v) is 16.8. The number of quaternary nitrogens is 2. The molecular formula is C52H56F2N4O8. The van der Waals surface area contributed by atoms with Crippen LogP contribution in [-0.4, -0.2) is 63.0 Å². The number of halogens is 2. The molecule has 0 aliphatic carbocycles. The number of nitrogens with zero attached hydrogens (tertiary/aromatic N) is 2. The first-order chi connectivity index (χ1) is 31.8. The van der Waals surface area contributed by atoms with E-state index in [-0.39, 0.29) is 22.9 Å². The van der Waals surface area contributed by atoms with E-state index in [0.717, 1.165) is 109 Å². The number of piperidine rings is 2. The quantitative estimate of drug-likeness (QED) is 0.0925. The molecule has 66 heavy (non-hydrogen) atoms. The maximum absolute atomic E-state index is 13.9. The topological polar surface area (TPSA) is 165 Å². The Labute approximate surface area is 383 Å². The lowest BCUT2D eigenvalue weighted by Gasteiger charge is -2.40. The van der Waals surface area contributed by atoms with Crippen LogP contribution in [0.4, 0.5) is 31.5 Å². The summed E-state index contributed by atoms with van der Waals surface area (Å²) in [4.78, 5) is 43.4. The molecule has 6 aromatic rings. The van der Waals surface area contributed by atoms with Crippen molar-refractivity contribution in [2.45, 2.75) is 65.2 Å². The number of hydrogen-bond acceptors (Lipinski definition) is 8. The van der Waals surface area contributed by atoms with Crippen LogP contribution in [0.25, 0.3) is 0 Å². The first-order valence-corrected chi connectivity index (χ1v) is 22.3. The van der Waals surface area contributed by atoms with Gasteiger partial charge in [0.25, 0.3) is 11.8 Å². The second kappa shape index (κ2) is 22.8. The lowest BCUT2D eigenvalue weighted by molar-refractivity contribution is -0.345. The molecular weight excluding hydrogens is 847 g/mol. The van der Waals surface area contributed by atoms with Crippen LogP contribution in [0, 0.1) is 25.5 Å². The zero-order chi connectivity index (χ0) is 47.1. The van der Waals surface area contributed by atoms with Crippen molar-refractivity contribution < 1.29 is 47.0 Å². The van der Waals surface area contributed by atoms with Crippen LogP contribution < -0.4 is 29.8 Å². The summed E-state index contributed by atoms with van der Waals surface area (Å²) in [6.45, 7) is 9.99. The van der Waals surface area contributed by atoms with E-state index in [2.05, 4.69) is 59.2 Å². The van der Waals surface area contributed by atoms with Gasteiger partial charge in [-0.2, -0.15) is 0 Å². The molecule has 0 spiro atoms. The molecule has 4 aromatic carbocycles. The Morgan fingerprint density at radius 1 is 0.515 bits per heavy atom. The summed E-state index contributed by atoms with van der Waals surface area (Å²) < 4.78 is 41.0. The highest BCUT2D eigenvalue weighted by atomic mass is 19.1. The second-order valence-electron chi connectivity index (χ2n) is 16.8. The summed E-state index contributed by atoms with van der Waals surface area (Å²) in [5, 5.41) is 23.1. The molecule has 0 radical (unpaired) electrons. The minimum Gasteiger partial charge on any atom is -0.543 e. The van der Waals surface area contributed by atoms with E-state index in [1.165, 1.54) is 36.1 Å². The van der Waals surface area contributed by atoms with E-state index in [4.69, 9.17) is 28.6 Å². The molecule has 2 N–H and O–H groups in total. The molecule has 14 heteroatoms. The Hall–Kier alpha value is -6.90. The fraction of sp³-hybridized carbons (Fsp3) is 0.308. The molecule has 2 saturated heterocycles. The van der Waals surface area contributed by atoms with Gasteiger partial charge in [0, 0.05) is 12.8 Å². The zero-order valence-corrected chi connectivity index (χ0v) is 37.4. The SMILES string of the molecule is Cc1c([N+]2(CCc3ccccc3)CCCCC2)coc1C(=O)Nc1ccccc1F.Cc1c([N+]2(CCc3ccccc3)CCCCC2)coc1C(=O)Nc1ccccc1F.O=C([O-])C(=O)[O-]. The van der Waals surface area contributed by atoms with Gasteiger partial charge in [-0.15, -0.1) is 0 Å². The summed E-state index contributed by atoms with van der Waals surface area (Å²) in [5.41, 5.74) is 6.79. The molecule has 4 heterocycles. The molecule has 346 valence electrons. The van der Waals surface area contributed by atoms with Gasteiger partial charge < -0.3 is 39.3 Å². The minimum atomic E-state index is -2.19. The van der Waals surface area contributed by atoms with E-state index in [0.29, 0.717) is 0 Å². The van der Waals surface area contributed by atoms with Crippen LogP contribution in [0.5, 0.6) is 0 Å². The molecule has 2 aromatic heterocycles. The number of para-hydroxylation sites is 2. The van der Waals surface area contributed by atoms with Gasteiger partial charge in [-0.1, -0.05) is 84.9 Å². The average molecular weight is 903 g/mol. The monoisotopic (exact) mass is 902 g/mol. The van der Waals surface area contributed by atoms with E-state index in [9.17, 15) is 18.4 Å². The summed E-state index contributed by atoms with van der Waals surface area (Å²) >= 11 is 0. The lowest BCUT2D eigenvalue weighted by Crippen LogP contribution is -2.54. The van der Waals surface area contributed by atoms with Crippen molar-refractivity contribution in [1.29, 1.82) is 0 Å². The van der Waals surface area contributed by atoms with E-state index in [1.807, 2.05) is 26.0 Å². The number of rotatable bonds is 12. The van der Waals surface area contributed by atoms with Crippen molar-refractivity contribution in [1.82, 2.24) is 8.97 Å². The average Bonchev–Trinajstić information content (AvgIpc) is 3.93. The van der Waals surface area contributed by atoms with Gasteiger partial charge in [-0.05, 0) is 87.8 Å². The highest BCUT2D eigenvalue weighted by Crippen LogP contribution is 2.37. The Balaban J connectivity index is 0.000000194. The number of nitrogens with one attached hydrogen (secondary N) is 2. The smallest absolute Gasteiger partial charge is 0.291 e. The molecule has 0 unspecified atom stereocenters. The Morgan fingerprint density at radius 2 is 0.848 bits per heavy atom. The van der Waals surface area contributed by atoms with Crippen molar-refractivity contribution in [3.8, 4) is 0 Å². The minimum absolute atomic E-state index is 0.158. The summed E-state index contributed by atoms with van der Waals surface area (Å²) in [5.74, 6) is -5.60. The Bertz CT molecular complexity index is 2390. The fourth-order valence-electron chi connectivity index (χ4n) is 9.06. The number of hydrogen-bond donors (Lipinski definition) is 2. The molecule has 2 amide bonds. The number of benzene rings is 4. The standard InChI is InChI=1S/2C25H27FN2O2.C2H2O4/c2*1-19-23(18-30-24(19)25(29)27-22-13-7-6-12-21(22)26)28(15-8-3-9-16-28)17-14-20-10-4-2-5-11-20;3-1(4)2(5)6/h2*2,4-7,10-13,18H,3,8-9,14-17H2,1H3;(H,3,4)(H,5,6). The summed E-state index contributed by atoms with van der Waals surface area (Å²) in [7, 11) is 0. The third-order valence-electron chi connectivity index (χ3n) is 12.6. The van der Waals surface area contributed by atoms with Gasteiger partial charge >= 0.3 is 0 Å². The van der Waals surface area contributed by atoms with Crippen LogP contribution >= 0.6 is 0 Å². The van der Waals surface area contributed by atoms with Gasteiger partial charge in [0.05, 0.1) is 73.7 Å². The van der Waals surface area contributed by atoms with Crippen LogP contribution in [0.3, 0.4) is 0 Å². The normalized spacial score (nSPS) is 14.9. The van der Waals surface area contributed by atoms with Gasteiger partial charge in [-0.3, -0.25) is 18.6 Å². The van der Waals surface area contributed by atoms with E-state index in [1.54, 1.807) is 48.9 Å². The van der Waals surface area contributed by atoms with Crippen molar-refractivity contribution in [2.24, 2.45) is 0 Å². The van der Waals surface area contributed by atoms with Crippen LogP contribution in [0.15, 0.2) is 131 Å². The predicted octanol–water partition coefficient (Wildman–Crippen LogP) is 7.91. The highest BCUT2D eigenvalue weighted by Gasteiger charge is 2.39. The Kier molecular flexibility index (Phi) is 16.8. The van der Waals surface area contributed by atoms with Gasteiger partial charge in [0.15, 0.2) is 23.9 Å². The number of carbonyl (C=O) groups excluding carboxylic acids is 4. The van der Waals surface area contributed by atoms with Crippen LogP contribution in [0.2, 0.25) is 0 Å². The number of anilines is 2. The predicted molar refractivity (Wildman–Crippen MR) is 246 cm³/mol. The number of carbonyl (C=O) groups is 4. The number of amides is 2. The maximum atomic E-state index is 13.9. The zero-order valence-electron chi connectivity index (χ0n) is 37.4. The first-order valence-electron chi connectivity index (χ1n) is 22.3. The maximum Gasteiger partial charge on any atom is 0.291 e. The number of carboxylic acids is 2. The fourth-order valence-corrected chi connectivity index (χ4v) is 9.06. The van der Waals surface area contributed by atoms with Crippen molar-refractivity contribution in [3.05, 3.63) is 167 Å². The molecule has 2 aliphatic heterocycles. The van der Waals surface area contributed by atoms with E-state index < -0.39 is 35.4 Å². The number of aliphatic carboxylic acids is 2. The van der Waals surface area contributed by atoms with Crippen LogP contribution in [-0.2, 0) is 22.4 Å². The molecule has 8 rings (SSSR count). The molecule has 0 bridgehead atoms. The molecule has 12 nitrogen and oxygen atoms in total. The molecule has 0 saturated carbocycles. The number of likely N-dealkylation sites (tertiary alicyclic amines) is 2. The summed E-state index contributed by atoms with van der Waals surface area (Å²) in [6.07, 6.45) is 12.6. The van der Waals surface area contributed by atoms with E-state index >= 15 is 0 Å². The number of carboxylic acid groups (broad SMARTS) is 2. The molecule has 2 aliphatic rings. The molecule has 2 fully saturated rings. The number of furan rings is 2. The third-order valence-corrected chi connectivity index (χ3v) is 12.6.